The first kappa shape index (κ1) is 13.7. The van der Waals surface area contributed by atoms with Crippen molar-refractivity contribution in [3.63, 3.8) is 0 Å². The molecule has 0 aromatic carbocycles. The maximum absolute atomic E-state index is 12.4. The van der Waals surface area contributed by atoms with Gasteiger partial charge in [-0.2, -0.15) is 5.10 Å². The first-order chi connectivity index (χ1) is 10.8. The summed E-state index contributed by atoms with van der Waals surface area (Å²) in [6.07, 6.45) is 3.62. The number of thiophene rings is 2. The van der Waals surface area contributed by atoms with E-state index < -0.39 is 0 Å². The van der Waals surface area contributed by atoms with E-state index in [0.29, 0.717) is 0 Å². The average molecular weight is 329 g/mol. The summed E-state index contributed by atoms with van der Waals surface area (Å²) in [5.74, 6) is 0.0331. The Bertz CT molecular complexity index is 788. The van der Waals surface area contributed by atoms with E-state index in [4.69, 9.17) is 0 Å². The number of nitrogens with one attached hydrogen (secondary N) is 1. The highest BCUT2D eigenvalue weighted by Gasteiger charge is 2.21. The van der Waals surface area contributed by atoms with Gasteiger partial charge in [0, 0.05) is 40.7 Å². The molecular weight excluding hydrogens is 314 g/mol. The molecule has 1 amide bonds. The third kappa shape index (κ3) is 2.60. The lowest BCUT2D eigenvalue weighted by Crippen LogP contribution is -2.39. The van der Waals surface area contributed by atoms with Crippen LogP contribution in [0.1, 0.15) is 21.8 Å². The van der Waals surface area contributed by atoms with Crippen LogP contribution in [-0.2, 0) is 13.0 Å². The topological polar surface area (TPSA) is 46.9 Å². The molecule has 1 N–H and O–H groups in total. The molecule has 4 heterocycles. The molecule has 0 spiro atoms. The van der Waals surface area contributed by atoms with Crippen molar-refractivity contribution in [2.45, 2.75) is 25.4 Å². The molecule has 0 aliphatic carbocycles. The predicted molar refractivity (Wildman–Crippen MR) is 89.4 cm³/mol. The second-order valence-corrected chi connectivity index (χ2v) is 7.38. The Labute approximate surface area is 136 Å². The molecule has 4 rings (SSSR count). The van der Waals surface area contributed by atoms with Crippen molar-refractivity contribution < 1.29 is 4.79 Å². The van der Waals surface area contributed by atoms with Gasteiger partial charge in [-0.3, -0.25) is 9.48 Å². The zero-order valence-electron chi connectivity index (χ0n) is 11.9. The third-order valence-corrected chi connectivity index (χ3v) is 6.03. The van der Waals surface area contributed by atoms with Gasteiger partial charge in [0.2, 0.25) is 0 Å². The quantitative estimate of drug-likeness (QED) is 0.800. The fourth-order valence-corrected chi connectivity index (χ4v) is 4.50. The Hall–Kier alpha value is -1.92. The van der Waals surface area contributed by atoms with Crippen LogP contribution in [0.5, 0.6) is 0 Å². The minimum atomic E-state index is 0.0331. The first-order valence-corrected chi connectivity index (χ1v) is 8.94. The van der Waals surface area contributed by atoms with Crippen LogP contribution in [0.4, 0.5) is 0 Å². The van der Waals surface area contributed by atoms with Crippen LogP contribution >= 0.6 is 22.7 Å². The molecule has 6 heteroatoms. The van der Waals surface area contributed by atoms with Crippen molar-refractivity contribution >= 4 is 28.6 Å². The van der Waals surface area contributed by atoms with Crippen LogP contribution in [0.25, 0.3) is 9.75 Å². The summed E-state index contributed by atoms with van der Waals surface area (Å²) in [5.41, 5.74) is 1.20. The van der Waals surface area contributed by atoms with Gasteiger partial charge < -0.3 is 5.32 Å². The van der Waals surface area contributed by atoms with Crippen LogP contribution < -0.4 is 5.32 Å². The number of rotatable bonds is 3. The van der Waals surface area contributed by atoms with Gasteiger partial charge in [0.05, 0.1) is 4.88 Å². The molecule has 4 nitrogen and oxygen atoms in total. The lowest BCUT2D eigenvalue weighted by molar-refractivity contribution is 0.0934. The second kappa shape index (κ2) is 5.70. The Morgan fingerprint density at radius 1 is 1.27 bits per heavy atom. The van der Waals surface area contributed by atoms with Crippen molar-refractivity contribution in [2.24, 2.45) is 0 Å². The van der Waals surface area contributed by atoms with Crippen LogP contribution in [0.2, 0.25) is 0 Å². The average Bonchev–Trinajstić information content (AvgIpc) is 3.26. The number of aromatic nitrogens is 2. The number of hydrogen-bond acceptors (Lipinski definition) is 4. The number of fused-ring (bicyclic) bond motifs is 1. The number of amides is 1. The summed E-state index contributed by atoms with van der Waals surface area (Å²) in [4.78, 5) is 15.6. The van der Waals surface area contributed by atoms with Crippen molar-refractivity contribution in [3.05, 3.63) is 52.5 Å². The molecule has 0 radical (unpaired) electrons. The fourth-order valence-electron chi connectivity index (χ4n) is 2.76. The van der Waals surface area contributed by atoms with E-state index >= 15 is 0 Å². The normalized spacial score (nSPS) is 17.2. The molecule has 1 aliphatic heterocycles. The minimum absolute atomic E-state index is 0.0331. The van der Waals surface area contributed by atoms with E-state index in [2.05, 4.69) is 21.9 Å². The number of nitrogens with zero attached hydrogens (tertiary/aromatic N) is 2. The van der Waals surface area contributed by atoms with E-state index in [-0.39, 0.29) is 11.9 Å². The van der Waals surface area contributed by atoms with Gasteiger partial charge in [-0.15, -0.1) is 22.7 Å². The highest BCUT2D eigenvalue weighted by Crippen LogP contribution is 2.31. The summed E-state index contributed by atoms with van der Waals surface area (Å²) in [6.45, 7) is 0.873. The molecular formula is C16H15N3OS2. The zero-order chi connectivity index (χ0) is 14.9. The van der Waals surface area contributed by atoms with Gasteiger partial charge in [-0.05, 0) is 36.1 Å². The molecule has 1 atom stereocenters. The maximum Gasteiger partial charge on any atom is 0.261 e. The summed E-state index contributed by atoms with van der Waals surface area (Å²) >= 11 is 3.25. The van der Waals surface area contributed by atoms with Crippen molar-refractivity contribution in [3.8, 4) is 9.75 Å². The Balaban J connectivity index is 1.45. The van der Waals surface area contributed by atoms with E-state index in [9.17, 15) is 4.79 Å². The molecule has 0 saturated heterocycles. The van der Waals surface area contributed by atoms with E-state index in [1.165, 1.54) is 10.6 Å². The third-order valence-electron chi connectivity index (χ3n) is 3.88. The van der Waals surface area contributed by atoms with Gasteiger partial charge >= 0.3 is 0 Å². The summed E-state index contributed by atoms with van der Waals surface area (Å²) in [7, 11) is 0. The highest BCUT2D eigenvalue weighted by molar-refractivity contribution is 7.22. The smallest absolute Gasteiger partial charge is 0.261 e. The standard InChI is InChI=1S/C16H15N3OS2/c20-16(15-4-3-14(22-15)13-2-1-9-21-13)18-11-6-8-19-12(10-11)5-7-17-19/h1-5,7,9,11H,6,8,10H2,(H,18,20). The van der Waals surface area contributed by atoms with Crippen LogP contribution in [0.15, 0.2) is 41.9 Å². The minimum Gasteiger partial charge on any atom is -0.348 e. The van der Waals surface area contributed by atoms with Gasteiger partial charge in [0.1, 0.15) is 0 Å². The monoisotopic (exact) mass is 329 g/mol. The Morgan fingerprint density at radius 2 is 2.23 bits per heavy atom. The van der Waals surface area contributed by atoms with Crippen LogP contribution in [0.3, 0.4) is 0 Å². The highest BCUT2D eigenvalue weighted by atomic mass is 32.1. The summed E-state index contributed by atoms with van der Waals surface area (Å²) in [6, 6.07) is 10.3. The number of carbonyl (C=O) groups is 1. The Morgan fingerprint density at radius 3 is 3.09 bits per heavy atom. The molecule has 0 fully saturated rings. The fraction of sp³-hybridized carbons (Fsp3) is 0.250. The van der Waals surface area contributed by atoms with Gasteiger partial charge in [0.15, 0.2) is 0 Å². The van der Waals surface area contributed by atoms with Gasteiger partial charge in [-0.1, -0.05) is 6.07 Å². The number of carbonyl (C=O) groups excluding carboxylic acids is 1. The summed E-state index contributed by atoms with van der Waals surface area (Å²) < 4.78 is 2.02. The lowest BCUT2D eigenvalue weighted by Gasteiger charge is -2.24. The molecule has 3 aromatic heterocycles. The van der Waals surface area contributed by atoms with Gasteiger partial charge in [-0.25, -0.2) is 0 Å². The second-order valence-electron chi connectivity index (χ2n) is 5.35. The predicted octanol–water partition coefficient (Wildman–Crippen LogP) is 3.42. The summed E-state index contributed by atoms with van der Waals surface area (Å²) in [5, 5.41) is 9.48. The van der Waals surface area contributed by atoms with Crippen molar-refractivity contribution in [2.75, 3.05) is 0 Å². The first-order valence-electron chi connectivity index (χ1n) is 7.25. The van der Waals surface area contributed by atoms with E-state index in [1.54, 1.807) is 22.7 Å². The zero-order valence-corrected chi connectivity index (χ0v) is 13.5. The lowest BCUT2D eigenvalue weighted by atomic mass is 10.0. The molecule has 1 unspecified atom stereocenters. The van der Waals surface area contributed by atoms with Gasteiger partial charge in [0.25, 0.3) is 5.91 Å². The molecule has 0 bridgehead atoms. The molecule has 3 aromatic rings. The van der Waals surface area contributed by atoms with E-state index in [1.807, 2.05) is 35.1 Å². The molecule has 1 aliphatic rings. The molecule has 0 saturated carbocycles. The van der Waals surface area contributed by atoms with Crippen molar-refractivity contribution in [1.29, 1.82) is 0 Å². The van der Waals surface area contributed by atoms with Crippen LogP contribution in [0, 0.1) is 0 Å². The number of aryl methyl sites for hydroxylation is 1. The maximum atomic E-state index is 12.4. The van der Waals surface area contributed by atoms with Crippen LogP contribution in [-0.4, -0.2) is 21.7 Å². The van der Waals surface area contributed by atoms with E-state index in [0.717, 1.165) is 29.1 Å². The van der Waals surface area contributed by atoms with Crippen molar-refractivity contribution in [1.82, 2.24) is 15.1 Å². The Kier molecular flexibility index (Phi) is 3.56. The SMILES string of the molecule is O=C(NC1CCn2nccc2C1)c1ccc(-c2cccs2)s1. The molecule has 112 valence electrons. The largest absolute Gasteiger partial charge is 0.348 e. The molecule has 22 heavy (non-hydrogen) atoms. The number of hydrogen-bond donors (Lipinski definition) is 1.